The summed E-state index contributed by atoms with van der Waals surface area (Å²) in [4.78, 5) is 28.5. The van der Waals surface area contributed by atoms with E-state index in [-0.39, 0.29) is 11.9 Å². The predicted octanol–water partition coefficient (Wildman–Crippen LogP) is 3.42. The van der Waals surface area contributed by atoms with E-state index >= 15 is 0 Å². The Kier molecular flexibility index (Phi) is 5.83. The molecule has 154 valence electrons. The van der Waals surface area contributed by atoms with Crippen LogP contribution in [0, 0.1) is 6.92 Å². The van der Waals surface area contributed by atoms with E-state index in [0.717, 1.165) is 36.3 Å². The van der Waals surface area contributed by atoms with E-state index in [1.165, 1.54) is 0 Å². The van der Waals surface area contributed by atoms with Crippen LogP contribution in [0.1, 0.15) is 42.4 Å². The molecule has 1 saturated heterocycles. The van der Waals surface area contributed by atoms with Gasteiger partial charge in [0.25, 0.3) is 0 Å². The number of rotatable bonds is 5. The van der Waals surface area contributed by atoms with E-state index in [1.54, 1.807) is 29.2 Å². The normalized spacial score (nSPS) is 16.7. The third-order valence-corrected chi connectivity index (χ3v) is 5.02. The molecule has 4 rings (SSSR count). The predicted molar refractivity (Wildman–Crippen MR) is 115 cm³/mol. The van der Waals surface area contributed by atoms with Crippen LogP contribution in [0.2, 0.25) is 0 Å². The molecule has 3 aromatic heterocycles. The molecule has 0 spiro atoms. The summed E-state index contributed by atoms with van der Waals surface area (Å²) < 4.78 is 1.71. The molecule has 30 heavy (non-hydrogen) atoms. The number of anilines is 2. The molecular weight excluding hydrogens is 378 g/mol. The highest BCUT2D eigenvalue weighted by Gasteiger charge is 2.29. The first-order valence-electron chi connectivity index (χ1n) is 10.1. The van der Waals surface area contributed by atoms with E-state index < -0.39 is 0 Å². The number of nitrogens with zero attached hydrogens (tertiary/aromatic N) is 6. The maximum Gasteiger partial charge on any atom is 0.247 e. The summed E-state index contributed by atoms with van der Waals surface area (Å²) >= 11 is 0. The van der Waals surface area contributed by atoms with Gasteiger partial charge < -0.3 is 10.2 Å². The number of aryl methyl sites for hydroxylation is 2. The van der Waals surface area contributed by atoms with E-state index in [0.29, 0.717) is 18.2 Å². The number of piperidine rings is 1. The molecule has 0 radical (unpaired) electrons. The Morgan fingerprint density at radius 3 is 2.90 bits per heavy atom. The fraction of sp³-hybridized carbons (Fsp3) is 0.318. The molecule has 0 unspecified atom stereocenters. The van der Waals surface area contributed by atoms with Gasteiger partial charge >= 0.3 is 0 Å². The molecule has 1 amide bonds. The highest BCUT2D eigenvalue weighted by atomic mass is 16.2. The maximum absolute atomic E-state index is 13.0. The summed E-state index contributed by atoms with van der Waals surface area (Å²) in [6, 6.07) is 7.41. The SMILES string of the molecule is Cc1cc(Nc2ccccn2)nc([C@@H]2CCCCN2C(=O)/C=C/c2cnn(C)c2)n1. The number of carbonyl (C=O) groups excluding carboxylic acids is 1. The molecule has 0 saturated carbocycles. The Bertz CT molecular complexity index is 1040. The van der Waals surface area contributed by atoms with Crippen LogP contribution < -0.4 is 5.32 Å². The van der Waals surface area contributed by atoms with Crippen molar-refractivity contribution in [2.75, 3.05) is 11.9 Å². The zero-order valence-electron chi connectivity index (χ0n) is 17.2. The summed E-state index contributed by atoms with van der Waals surface area (Å²) in [6.45, 7) is 2.63. The van der Waals surface area contributed by atoms with E-state index in [1.807, 2.05) is 49.3 Å². The lowest BCUT2D eigenvalue weighted by Crippen LogP contribution is -2.38. The van der Waals surface area contributed by atoms with Gasteiger partial charge in [-0.1, -0.05) is 6.07 Å². The number of nitrogens with one attached hydrogen (secondary N) is 1. The summed E-state index contributed by atoms with van der Waals surface area (Å²) in [5.74, 6) is 2.03. The summed E-state index contributed by atoms with van der Waals surface area (Å²) in [6.07, 6.45) is 11.6. The van der Waals surface area contributed by atoms with Gasteiger partial charge in [0.2, 0.25) is 5.91 Å². The lowest BCUT2D eigenvalue weighted by atomic mass is 10.0. The van der Waals surface area contributed by atoms with Crippen molar-refractivity contribution in [1.29, 1.82) is 0 Å². The second kappa shape index (κ2) is 8.86. The number of amides is 1. The van der Waals surface area contributed by atoms with Gasteiger partial charge in [-0.2, -0.15) is 5.10 Å². The molecule has 0 bridgehead atoms. The smallest absolute Gasteiger partial charge is 0.247 e. The maximum atomic E-state index is 13.0. The van der Waals surface area contributed by atoms with Crippen molar-refractivity contribution in [3.8, 4) is 0 Å². The van der Waals surface area contributed by atoms with Crippen LogP contribution >= 0.6 is 0 Å². The highest BCUT2D eigenvalue weighted by molar-refractivity contribution is 5.92. The van der Waals surface area contributed by atoms with Crippen LogP contribution in [0.25, 0.3) is 6.08 Å². The number of carbonyl (C=O) groups is 1. The van der Waals surface area contributed by atoms with Crippen molar-refractivity contribution in [2.24, 2.45) is 7.05 Å². The monoisotopic (exact) mass is 403 g/mol. The molecule has 4 heterocycles. The minimum absolute atomic E-state index is 0.0344. The minimum Gasteiger partial charge on any atom is -0.329 e. The van der Waals surface area contributed by atoms with Crippen LogP contribution in [0.4, 0.5) is 11.6 Å². The minimum atomic E-state index is -0.144. The molecular formula is C22H25N7O. The van der Waals surface area contributed by atoms with Gasteiger partial charge in [-0.15, -0.1) is 0 Å². The van der Waals surface area contributed by atoms with Gasteiger partial charge in [0.1, 0.15) is 11.6 Å². The van der Waals surface area contributed by atoms with Crippen LogP contribution in [0.15, 0.2) is 48.9 Å². The number of pyridine rings is 1. The van der Waals surface area contributed by atoms with Crippen molar-refractivity contribution >= 4 is 23.6 Å². The molecule has 1 aliphatic heterocycles. The molecule has 3 aromatic rings. The number of hydrogen-bond donors (Lipinski definition) is 1. The van der Waals surface area contributed by atoms with Gasteiger partial charge in [-0.25, -0.2) is 15.0 Å². The quantitative estimate of drug-likeness (QED) is 0.657. The first-order valence-corrected chi connectivity index (χ1v) is 10.1. The molecule has 8 heteroatoms. The van der Waals surface area contributed by atoms with Crippen molar-refractivity contribution < 1.29 is 4.79 Å². The molecule has 0 aliphatic carbocycles. The van der Waals surface area contributed by atoms with Crippen molar-refractivity contribution in [3.05, 3.63) is 66.0 Å². The lowest BCUT2D eigenvalue weighted by Gasteiger charge is -2.34. The third-order valence-electron chi connectivity index (χ3n) is 5.02. The van der Waals surface area contributed by atoms with Crippen LogP contribution in [-0.4, -0.2) is 42.1 Å². The van der Waals surface area contributed by atoms with Crippen LogP contribution in [0.5, 0.6) is 0 Å². The second-order valence-corrected chi connectivity index (χ2v) is 7.42. The van der Waals surface area contributed by atoms with E-state index in [9.17, 15) is 4.79 Å². The third kappa shape index (κ3) is 4.71. The zero-order chi connectivity index (χ0) is 20.9. The standard InChI is InChI=1S/C22H25N7O/c1-16-13-20(26-19-8-3-5-11-23-19)27-22(25-16)18-7-4-6-12-29(18)21(30)10-9-17-14-24-28(2)15-17/h3,5,8-11,13-15,18H,4,6-7,12H2,1-2H3,(H,23,25,26,27)/b10-9+/t18-/m0/s1. The summed E-state index contributed by atoms with van der Waals surface area (Å²) in [7, 11) is 1.85. The Balaban J connectivity index is 1.56. The van der Waals surface area contributed by atoms with Gasteiger partial charge in [0.15, 0.2) is 5.82 Å². The van der Waals surface area contributed by atoms with Crippen LogP contribution in [0.3, 0.4) is 0 Å². The van der Waals surface area contributed by atoms with Gasteiger partial charge in [-0.05, 0) is 44.4 Å². The second-order valence-electron chi connectivity index (χ2n) is 7.42. The largest absolute Gasteiger partial charge is 0.329 e. The molecule has 1 fully saturated rings. The molecule has 1 atom stereocenters. The zero-order valence-corrected chi connectivity index (χ0v) is 17.2. The van der Waals surface area contributed by atoms with Gasteiger partial charge in [-0.3, -0.25) is 9.48 Å². The van der Waals surface area contributed by atoms with Gasteiger partial charge in [0.05, 0.1) is 12.2 Å². The number of hydrogen-bond acceptors (Lipinski definition) is 6. The molecule has 1 N–H and O–H groups in total. The van der Waals surface area contributed by atoms with E-state index in [2.05, 4.69) is 20.4 Å². The molecule has 0 aromatic carbocycles. The summed E-state index contributed by atoms with van der Waals surface area (Å²) in [5.41, 5.74) is 1.75. The van der Waals surface area contributed by atoms with Crippen molar-refractivity contribution in [1.82, 2.24) is 29.6 Å². The average Bonchev–Trinajstić information content (AvgIpc) is 3.17. The highest BCUT2D eigenvalue weighted by Crippen LogP contribution is 2.30. The fourth-order valence-corrected chi connectivity index (χ4v) is 3.63. The Morgan fingerprint density at radius 2 is 2.13 bits per heavy atom. The Morgan fingerprint density at radius 1 is 1.23 bits per heavy atom. The van der Waals surface area contributed by atoms with Crippen LogP contribution in [-0.2, 0) is 11.8 Å². The van der Waals surface area contributed by atoms with Crippen molar-refractivity contribution in [3.63, 3.8) is 0 Å². The lowest BCUT2D eigenvalue weighted by molar-refractivity contribution is -0.129. The van der Waals surface area contributed by atoms with E-state index in [4.69, 9.17) is 4.98 Å². The number of likely N-dealkylation sites (tertiary alicyclic amines) is 1. The Hall–Kier alpha value is -3.55. The van der Waals surface area contributed by atoms with Crippen molar-refractivity contribution in [2.45, 2.75) is 32.2 Å². The fourth-order valence-electron chi connectivity index (χ4n) is 3.63. The first kappa shape index (κ1) is 19.8. The topological polar surface area (TPSA) is 88.8 Å². The average molecular weight is 403 g/mol. The first-order chi connectivity index (χ1) is 14.6. The Labute approximate surface area is 175 Å². The number of aromatic nitrogens is 5. The summed E-state index contributed by atoms with van der Waals surface area (Å²) in [5, 5.41) is 7.36. The van der Waals surface area contributed by atoms with Gasteiger partial charge in [0, 0.05) is 49.4 Å². The molecule has 8 nitrogen and oxygen atoms in total. The molecule has 1 aliphatic rings.